The van der Waals surface area contributed by atoms with Crippen LogP contribution in [0.4, 0.5) is 5.82 Å². The second-order valence-corrected chi connectivity index (χ2v) is 6.01. The van der Waals surface area contributed by atoms with E-state index in [0.29, 0.717) is 12.2 Å². The summed E-state index contributed by atoms with van der Waals surface area (Å²) in [6.45, 7) is -0.210. The van der Waals surface area contributed by atoms with E-state index in [1.165, 1.54) is 15.8 Å². The number of carbonyl (C=O) groups excluding carboxylic acids is 1. The Morgan fingerprint density at radius 1 is 1.27 bits per heavy atom. The average molecular weight is 321 g/mol. The topological polar surface area (TPSA) is 84.2 Å². The van der Waals surface area contributed by atoms with Crippen molar-refractivity contribution in [1.82, 2.24) is 9.78 Å². The third-order valence-electron chi connectivity index (χ3n) is 3.11. The van der Waals surface area contributed by atoms with Gasteiger partial charge in [-0.2, -0.15) is 5.10 Å². The number of unbranched alkanes of at least 4 members (excludes halogenated alkanes) is 2. The largest absolute Gasteiger partial charge is 0.480 e. The molecule has 118 valence electrons. The van der Waals surface area contributed by atoms with E-state index in [-0.39, 0.29) is 12.5 Å². The predicted molar refractivity (Wildman–Crippen MR) is 85.0 cm³/mol. The number of anilines is 1. The van der Waals surface area contributed by atoms with E-state index in [4.69, 9.17) is 5.11 Å². The number of carboxylic acid groups (broad SMARTS) is 1. The SMILES string of the molecule is O=C(O)Cn1ccc(NC(=O)CCCCCc2cccs2)n1. The van der Waals surface area contributed by atoms with Gasteiger partial charge in [0, 0.05) is 23.6 Å². The van der Waals surface area contributed by atoms with E-state index in [0.717, 1.165) is 25.7 Å². The molecule has 0 fully saturated rings. The van der Waals surface area contributed by atoms with Gasteiger partial charge in [-0.15, -0.1) is 11.3 Å². The Morgan fingerprint density at radius 2 is 2.14 bits per heavy atom. The van der Waals surface area contributed by atoms with Gasteiger partial charge in [0.15, 0.2) is 5.82 Å². The van der Waals surface area contributed by atoms with Crippen molar-refractivity contribution in [2.45, 2.75) is 38.6 Å². The number of thiophene rings is 1. The molecule has 2 rings (SSSR count). The van der Waals surface area contributed by atoms with Crippen LogP contribution in [0.3, 0.4) is 0 Å². The maximum absolute atomic E-state index is 11.8. The zero-order chi connectivity index (χ0) is 15.8. The Bertz CT molecular complexity index is 607. The quantitative estimate of drug-likeness (QED) is 0.696. The smallest absolute Gasteiger partial charge is 0.325 e. The van der Waals surface area contributed by atoms with Crippen LogP contribution < -0.4 is 5.32 Å². The molecule has 0 bridgehead atoms. The predicted octanol–water partition coefficient (Wildman–Crippen LogP) is 2.77. The van der Waals surface area contributed by atoms with Crippen molar-refractivity contribution in [1.29, 1.82) is 0 Å². The number of carbonyl (C=O) groups is 2. The molecule has 0 atom stereocenters. The molecule has 2 heterocycles. The molecule has 7 heteroatoms. The highest BCUT2D eigenvalue weighted by Crippen LogP contribution is 2.13. The van der Waals surface area contributed by atoms with Crippen LogP contribution in [0.15, 0.2) is 29.8 Å². The van der Waals surface area contributed by atoms with E-state index < -0.39 is 5.97 Å². The summed E-state index contributed by atoms with van der Waals surface area (Å²) < 4.78 is 1.28. The Kier molecular flexibility index (Phi) is 6.14. The lowest BCUT2D eigenvalue weighted by atomic mass is 10.1. The van der Waals surface area contributed by atoms with Crippen LogP contribution in [-0.2, 0) is 22.6 Å². The normalized spacial score (nSPS) is 10.5. The lowest BCUT2D eigenvalue weighted by Crippen LogP contribution is -2.13. The van der Waals surface area contributed by atoms with Crippen molar-refractivity contribution in [3.8, 4) is 0 Å². The molecule has 0 aliphatic heterocycles. The molecule has 6 nitrogen and oxygen atoms in total. The second-order valence-electron chi connectivity index (χ2n) is 4.98. The fourth-order valence-electron chi connectivity index (χ4n) is 2.08. The van der Waals surface area contributed by atoms with Crippen LogP contribution in [0.1, 0.15) is 30.6 Å². The number of hydrogen-bond acceptors (Lipinski definition) is 4. The minimum absolute atomic E-state index is 0.0864. The number of hydrogen-bond donors (Lipinski definition) is 2. The number of nitrogens with zero attached hydrogens (tertiary/aromatic N) is 2. The molecule has 2 aromatic heterocycles. The molecule has 0 aliphatic carbocycles. The van der Waals surface area contributed by atoms with Crippen LogP contribution in [0, 0.1) is 0 Å². The van der Waals surface area contributed by atoms with Gasteiger partial charge in [-0.1, -0.05) is 12.5 Å². The summed E-state index contributed by atoms with van der Waals surface area (Å²) in [5.41, 5.74) is 0. The van der Waals surface area contributed by atoms with Crippen molar-refractivity contribution in [3.63, 3.8) is 0 Å². The molecular formula is C15H19N3O3S. The Morgan fingerprint density at radius 3 is 2.86 bits per heavy atom. The number of aryl methyl sites for hydroxylation is 1. The fourth-order valence-corrected chi connectivity index (χ4v) is 2.83. The van der Waals surface area contributed by atoms with Gasteiger partial charge in [-0.25, -0.2) is 0 Å². The average Bonchev–Trinajstić information content (AvgIpc) is 3.10. The van der Waals surface area contributed by atoms with E-state index in [9.17, 15) is 9.59 Å². The van der Waals surface area contributed by atoms with Gasteiger partial charge in [0.25, 0.3) is 0 Å². The number of carboxylic acids is 1. The van der Waals surface area contributed by atoms with Gasteiger partial charge in [0.1, 0.15) is 6.54 Å². The number of rotatable bonds is 9. The number of aromatic nitrogens is 2. The first-order chi connectivity index (χ1) is 10.6. The summed E-state index contributed by atoms with van der Waals surface area (Å²) in [6, 6.07) is 5.78. The molecule has 0 saturated heterocycles. The van der Waals surface area contributed by atoms with Crippen molar-refractivity contribution in [2.75, 3.05) is 5.32 Å². The second kappa shape index (κ2) is 8.33. The standard InChI is InChI=1S/C15H19N3O3S/c19-14(7-3-1-2-5-12-6-4-10-22-12)16-13-8-9-18(17-13)11-15(20)21/h4,6,8-10H,1-3,5,7,11H2,(H,20,21)(H,16,17,19). The molecule has 0 spiro atoms. The van der Waals surface area contributed by atoms with E-state index >= 15 is 0 Å². The van der Waals surface area contributed by atoms with Gasteiger partial charge in [-0.3, -0.25) is 14.3 Å². The molecule has 1 amide bonds. The van der Waals surface area contributed by atoms with E-state index in [1.54, 1.807) is 17.4 Å². The number of aliphatic carboxylic acids is 1. The number of amides is 1. The molecule has 0 saturated carbocycles. The van der Waals surface area contributed by atoms with E-state index in [2.05, 4.69) is 27.9 Å². The highest BCUT2D eigenvalue weighted by atomic mass is 32.1. The van der Waals surface area contributed by atoms with Crippen molar-refractivity contribution < 1.29 is 14.7 Å². The summed E-state index contributed by atoms with van der Waals surface area (Å²) in [5.74, 6) is -0.659. The van der Waals surface area contributed by atoms with Crippen LogP contribution in [0.2, 0.25) is 0 Å². The summed E-state index contributed by atoms with van der Waals surface area (Å²) >= 11 is 1.76. The van der Waals surface area contributed by atoms with Crippen molar-refractivity contribution in [3.05, 3.63) is 34.7 Å². The van der Waals surface area contributed by atoms with Crippen molar-refractivity contribution >= 4 is 29.0 Å². The van der Waals surface area contributed by atoms with E-state index in [1.807, 2.05) is 0 Å². The summed E-state index contributed by atoms with van der Waals surface area (Å²) in [7, 11) is 0. The zero-order valence-corrected chi connectivity index (χ0v) is 13.0. The maximum Gasteiger partial charge on any atom is 0.325 e. The highest BCUT2D eigenvalue weighted by molar-refractivity contribution is 7.09. The maximum atomic E-state index is 11.8. The molecular weight excluding hydrogens is 302 g/mol. The van der Waals surface area contributed by atoms with Gasteiger partial charge in [0.2, 0.25) is 5.91 Å². The monoisotopic (exact) mass is 321 g/mol. The zero-order valence-electron chi connectivity index (χ0n) is 12.2. The third kappa shape index (κ3) is 5.69. The van der Waals surface area contributed by atoms with Crippen molar-refractivity contribution in [2.24, 2.45) is 0 Å². The minimum Gasteiger partial charge on any atom is -0.480 e. The van der Waals surface area contributed by atoms with Gasteiger partial charge < -0.3 is 10.4 Å². The molecule has 0 radical (unpaired) electrons. The highest BCUT2D eigenvalue weighted by Gasteiger charge is 2.06. The van der Waals surface area contributed by atoms with Gasteiger partial charge in [0.05, 0.1) is 0 Å². The van der Waals surface area contributed by atoms with Gasteiger partial charge in [-0.05, 0) is 30.7 Å². The molecule has 0 aromatic carbocycles. The summed E-state index contributed by atoms with van der Waals surface area (Å²) in [5, 5.41) is 17.4. The lowest BCUT2D eigenvalue weighted by Gasteiger charge is -2.02. The van der Waals surface area contributed by atoms with Crippen LogP contribution in [-0.4, -0.2) is 26.8 Å². The Balaban J connectivity index is 1.61. The Labute approximate surface area is 132 Å². The third-order valence-corrected chi connectivity index (χ3v) is 4.05. The van der Waals surface area contributed by atoms with Gasteiger partial charge >= 0.3 is 5.97 Å². The fraction of sp³-hybridized carbons (Fsp3) is 0.400. The first kappa shape index (κ1) is 16.2. The summed E-state index contributed by atoms with van der Waals surface area (Å²) in [4.78, 5) is 23.7. The number of nitrogens with one attached hydrogen (secondary N) is 1. The van der Waals surface area contributed by atoms with Crippen LogP contribution in [0.5, 0.6) is 0 Å². The van der Waals surface area contributed by atoms with Crippen LogP contribution >= 0.6 is 11.3 Å². The summed E-state index contributed by atoms with van der Waals surface area (Å²) in [6.07, 6.45) is 5.99. The van der Waals surface area contributed by atoms with Crippen LogP contribution in [0.25, 0.3) is 0 Å². The molecule has 22 heavy (non-hydrogen) atoms. The molecule has 2 N–H and O–H groups in total. The molecule has 2 aromatic rings. The minimum atomic E-state index is -0.966. The first-order valence-corrected chi connectivity index (χ1v) is 8.09. The first-order valence-electron chi connectivity index (χ1n) is 7.21. The lowest BCUT2D eigenvalue weighted by molar-refractivity contribution is -0.137. The Hall–Kier alpha value is -2.15. The molecule has 0 aliphatic rings. The molecule has 0 unspecified atom stereocenters.